The Labute approximate surface area is 159 Å². The lowest BCUT2D eigenvalue weighted by Crippen LogP contribution is -2.39. The molecule has 10 nitrogen and oxygen atoms in total. The van der Waals surface area contributed by atoms with Gasteiger partial charge in [-0.25, -0.2) is 4.79 Å². The number of nitrogens with zero attached hydrogens (tertiary/aromatic N) is 2. The molecule has 28 heavy (non-hydrogen) atoms. The SMILES string of the molecule is CC1(C)OC2C(O1)[C@@H](CO)O[C@H]2n1cc(C(O)c2cccnc2)c(=O)[nH]c1=O. The van der Waals surface area contributed by atoms with Gasteiger partial charge in [0.25, 0.3) is 5.56 Å². The highest BCUT2D eigenvalue weighted by Gasteiger charge is 2.56. The number of hydrogen-bond acceptors (Lipinski definition) is 8. The summed E-state index contributed by atoms with van der Waals surface area (Å²) < 4.78 is 18.6. The van der Waals surface area contributed by atoms with E-state index < -0.39 is 47.7 Å². The summed E-state index contributed by atoms with van der Waals surface area (Å²) >= 11 is 0. The van der Waals surface area contributed by atoms with E-state index in [1.165, 1.54) is 12.4 Å². The Morgan fingerprint density at radius 2 is 2.07 bits per heavy atom. The van der Waals surface area contributed by atoms with Gasteiger partial charge in [-0.05, 0) is 19.9 Å². The van der Waals surface area contributed by atoms with E-state index in [2.05, 4.69) is 9.97 Å². The molecule has 0 bridgehead atoms. The van der Waals surface area contributed by atoms with Gasteiger partial charge in [0.15, 0.2) is 12.0 Å². The summed E-state index contributed by atoms with van der Waals surface area (Å²) in [5.41, 5.74) is -1.07. The van der Waals surface area contributed by atoms with Crippen molar-refractivity contribution < 1.29 is 24.4 Å². The highest BCUT2D eigenvalue weighted by Crippen LogP contribution is 2.42. The maximum Gasteiger partial charge on any atom is 0.330 e. The average Bonchev–Trinajstić information content (AvgIpc) is 3.15. The Kier molecular flexibility index (Phi) is 4.68. The lowest BCUT2D eigenvalue weighted by atomic mass is 10.1. The maximum atomic E-state index is 12.5. The molecule has 0 radical (unpaired) electrons. The summed E-state index contributed by atoms with van der Waals surface area (Å²) in [5.74, 6) is -0.908. The summed E-state index contributed by atoms with van der Waals surface area (Å²) in [6, 6.07) is 3.25. The van der Waals surface area contributed by atoms with Crippen molar-refractivity contribution in [3.63, 3.8) is 0 Å². The fraction of sp³-hybridized carbons (Fsp3) is 0.500. The number of ether oxygens (including phenoxy) is 3. The largest absolute Gasteiger partial charge is 0.394 e. The average molecular weight is 391 g/mol. The molecule has 2 aromatic rings. The van der Waals surface area contributed by atoms with Crippen molar-refractivity contribution in [1.29, 1.82) is 0 Å². The molecule has 150 valence electrons. The van der Waals surface area contributed by atoms with Gasteiger partial charge >= 0.3 is 5.69 Å². The molecule has 4 rings (SSSR count). The maximum absolute atomic E-state index is 12.5. The van der Waals surface area contributed by atoms with Crippen LogP contribution in [0.15, 0.2) is 40.3 Å². The first kappa shape index (κ1) is 19.0. The molecule has 2 aliphatic rings. The topological polar surface area (TPSA) is 136 Å². The Bertz CT molecular complexity index is 971. The van der Waals surface area contributed by atoms with E-state index in [1.54, 1.807) is 32.2 Å². The number of fused-ring (bicyclic) bond motifs is 1. The molecule has 3 unspecified atom stereocenters. The van der Waals surface area contributed by atoms with Crippen LogP contribution in [0.25, 0.3) is 0 Å². The summed E-state index contributed by atoms with van der Waals surface area (Å²) in [6.45, 7) is 3.13. The highest BCUT2D eigenvalue weighted by atomic mass is 16.8. The zero-order valence-corrected chi connectivity index (χ0v) is 15.3. The van der Waals surface area contributed by atoms with Crippen LogP contribution >= 0.6 is 0 Å². The molecule has 4 heterocycles. The molecule has 2 fully saturated rings. The van der Waals surface area contributed by atoms with Crippen LogP contribution in [0.3, 0.4) is 0 Å². The van der Waals surface area contributed by atoms with E-state index in [1.807, 2.05) is 0 Å². The number of aromatic amines is 1. The number of pyridine rings is 1. The third-order valence-corrected chi connectivity index (χ3v) is 4.87. The first-order valence-corrected chi connectivity index (χ1v) is 8.86. The van der Waals surface area contributed by atoms with Crippen molar-refractivity contribution in [3.05, 3.63) is 62.7 Å². The summed E-state index contributed by atoms with van der Waals surface area (Å²) in [4.78, 5) is 30.9. The van der Waals surface area contributed by atoms with E-state index >= 15 is 0 Å². The van der Waals surface area contributed by atoms with Crippen molar-refractivity contribution in [2.24, 2.45) is 0 Å². The number of aliphatic hydroxyl groups excluding tert-OH is 2. The number of nitrogens with one attached hydrogen (secondary N) is 1. The quantitative estimate of drug-likeness (QED) is 0.630. The number of aliphatic hydroxyl groups is 2. The van der Waals surface area contributed by atoms with Gasteiger partial charge in [-0.1, -0.05) is 6.07 Å². The Hall–Kier alpha value is -2.37. The van der Waals surface area contributed by atoms with E-state index in [9.17, 15) is 19.8 Å². The molecule has 0 aliphatic carbocycles. The Balaban J connectivity index is 1.74. The van der Waals surface area contributed by atoms with Crippen molar-refractivity contribution in [2.75, 3.05) is 6.61 Å². The molecular formula is C18H21N3O7. The predicted octanol–water partition coefficient (Wildman–Crippen LogP) is -0.577. The van der Waals surface area contributed by atoms with Crippen LogP contribution < -0.4 is 11.2 Å². The Morgan fingerprint density at radius 3 is 2.75 bits per heavy atom. The second-order valence-corrected chi connectivity index (χ2v) is 7.25. The lowest BCUT2D eigenvalue weighted by molar-refractivity contribution is -0.200. The minimum absolute atomic E-state index is 0.0432. The van der Waals surface area contributed by atoms with Crippen molar-refractivity contribution in [1.82, 2.24) is 14.5 Å². The summed E-state index contributed by atoms with van der Waals surface area (Å²) in [7, 11) is 0. The van der Waals surface area contributed by atoms with Crippen LogP contribution in [0.4, 0.5) is 0 Å². The van der Waals surface area contributed by atoms with E-state index in [0.717, 1.165) is 4.57 Å². The van der Waals surface area contributed by atoms with Gasteiger partial charge in [0.2, 0.25) is 0 Å². The van der Waals surface area contributed by atoms with Crippen molar-refractivity contribution in [2.45, 2.75) is 50.3 Å². The molecule has 0 saturated carbocycles. The zero-order chi connectivity index (χ0) is 20.1. The number of rotatable bonds is 4. The van der Waals surface area contributed by atoms with E-state index in [4.69, 9.17) is 14.2 Å². The number of aromatic nitrogens is 3. The van der Waals surface area contributed by atoms with Gasteiger partial charge in [0, 0.05) is 24.2 Å². The van der Waals surface area contributed by atoms with Gasteiger partial charge in [-0.2, -0.15) is 0 Å². The van der Waals surface area contributed by atoms with Crippen LogP contribution in [-0.4, -0.2) is 55.5 Å². The highest BCUT2D eigenvalue weighted by molar-refractivity contribution is 5.24. The molecule has 0 spiro atoms. The van der Waals surface area contributed by atoms with Gasteiger partial charge in [-0.15, -0.1) is 0 Å². The van der Waals surface area contributed by atoms with Gasteiger partial charge in [-0.3, -0.25) is 19.3 Å². The molecule has 0 aromatic carbocycles. The van der Waals surface area contributed by atoms with Crippen LogP contribution in [-0.2, 0) is 14.2 Å². The second-order valence-electron chi connectivity index (χ2n) is 7.25. The first-order chi connectivity index (χ1) is 13.3. The molecule has 3 N–H and O–H groups in total. The van der Waals surface area contributed by atoms with Gasteiger partial charge < -0.3 is 24.4 Å². The van der Waals surface area contributed by atoms with Crippen LogP contribution in [0.1, 0.15) is 37.3 Å². The third kappa shape index (κ3) is 3.19. The third-order valence-electron chi connectivity index (χ3n) is 4.87. The molecule has 0 amide bonds. The van der Waals surface area contributed by atoms with Gasteiger partial charge in [0.05, 0.1) is 12.2 Å². The molecule has 2 aromatic heterocycles. The number of hydrogen-bond donors (Lipinski definition) is 3. The predicted molar refractivity (Wildman–Crippen MR) is 94.4 cm³/mol. The van der Waals surface area contributed by atoms with E-state index in [-0.39, 0.29) is 12.2 Å². The molecular weight excluding hydrogens is 370 g/mol. The standard InChI is InChI=1S/C18H21N3O7/c1-18(2)27-13-11(8-22)26-16(14(13)28-18)21-7-10(15(24)20-17(21)25)12(23)9-4-3-5-19-6-9/h3-7,11-14,16,22-23H,8H2,1-2H3,(H,20,24,25)/t11-,12?,13?,14?,16-/m1/s1. The minimum Gasteiger partial charge on any atom is -0.394 e. The van der Waals surface area contributed by atoms with Crippen LogP contribution in [0.5, 0.6) is 0 Å². The van der Waals surface area contributed by atoms with Crippen molar-refractivity contribution >= 4 is 0 Å². The smallest absolute Gasteiger partial charge is 0.330 e. The minimum atomic E-state index is -1.28. The van der Waals surface area contributed by atoms with Crippen LogP contribution in [0.2, 0.25) is 0 Å². The van der Waals surface area contributed by atoms with Crippen LogP contribution in [0, 0.1) is 0 Å². The van der Waals surface area contributed by atoms with E-state index in [0.29, 0.717) is 5.56 Å². The molecule has 2 aliphatic heterocycles. The zero-order valence-electron chi connectivity index (χ0n) is 15.3. The molecule has 10 heteroatoms. The summed E-state index contributed by atoms with van der Waals surface area (Å²) in [5, 5.41) is 20.2. The van der Waals surface area contributed by atoms with Crippen molar-refractivity contribution in [3.8, 4) is 0 Å². The fourth-order valence-electron chi connectivity index (χ4n) is 3.63. The van der Waals surface area contributed by atoms with Gasteiger partial charge in [0.1, 0.15) is 24.4 Å². The Morgan fingerprint density at radius 1 is 1.32 bits per heavy atom. The number of H-pyrrole nitrogens is 1. The molecule has 2 saturated heterocycles. The fourth-order valence-corrected chi connectivity index (χ4v) is 3.63. The second kappa shape index (κ2) is 6.90. The first-order valence-electron chi connectivity index (χ1n) is 8.86. The normalized spacial score (nSPS) is 29.6. The molecule has 5 atom stereocenters. The summed E-state index contributed by atoms with van der Waals surface area (Å²) in [6.07, 6.45) is 0.0640. The lowest BCUT2D eigenvalue weighted by Gasteiger charge is -2.24. The monoisotopic (exact) mass is 391 g/mol.